The van der Waals surface area contributed by atoms with Crippen molar-refractivity contribution in [2.24, 2.45) is 11.8 Å². The first-order valence-electron chi connectivity index (χ1n) is 5.72. The van der Waals surface area contributed by atoms with Crippen LogP contribution in [0.15, 0.2) is 0 Å². The zero-order chi connectivity index (χ0) is 9.40. The topological polar surface area (TPSA) is 0 Å². The smallest absolute Gasteiger partial charge is 0.0417 e. The lowest BCUT2D eigenvalue weighted by atomic mass is 9.89. The minimum Gasteiger partial charge on any atom is -0.0654 e. The molecule has 0 aromatic rings. The summed E-state index contributed by atoms with van der Waals surface area (Å²) in [6.07, 6.45) is 8.45. The van der Waals surface area contributed by atoms with E-state index in [0.29, 0.717) is 0 Å². The van der Waals surface area contributed by atoms with Crippen LogP contribution in [0.4, 0.5) is 0 Å². The zero-order valence-corrected chi connectivity index (χ0v) is 9.40. The van der Waals surface area contributed by atoms with Crippen molar-refractivity contribution in [2.75, 3.05) is 0 Å². The molecule has 0 aliphatic rings. The summed E-state index contributed by atoms with van der Waals surface area (Å²) in [6, 6.07) is 0. The second-order valence-electron chi connectivity index (χ2n) is 4.21. The standard InChI is InChI=1S/C12H26/c1-5-7-8-9-10-12(4)11(3)6-2/h11-12H,5-10H2,1-4H3/t11-,12-/m0/s1. The second-order valence-corrected chi connectivity index (χ2v) is 4.21. The van der Waals surface area contributed by atoms with Gasteiger partial charge < -0.3 is 0 Å². The molecule has 0 unspecified atom stereocenters. The Morgan fingerprint density at radius 2 is 1.50 bits per heavy atom. The normalized spacial score (nSPS) is 16.0. The lowest BCUT2D eigenvalue weighted by molar-refractivity contribution is 0.343. The van der Waals surface area contributed by atoms with E-state index >= 15 is 0 Å². The maximum absolute atomic E-state index is 2.40. The number of rotatable bonds is 7. The van der Waals surface area contributed by atoms with Crippen LogP contribution in [-0.2, 0) is 0 Å². The fourth-order valence-corrected chi connectivity index (χ4v) is 1.58. The third-order valence-electron chi connectivity index (χ3n) is 3.13. The van der Waals surface area contributed by atoms with Crippen molar-refractivity contribution in [1.29, 1.82) is 0 Å². The molecule has 0 aromatic heterocycles. The SMILES string of the molecule is CCCCCC[C@H](C)[C@@H](C)CC. The van der Waals surface area contributed by atoms with Gasteiger partial charge in [-0.3, -0.25) is 0 Å². The highest BCUT2D eigenvalue weighted by Crippen LogP contribution is 2.20. The lowest BCUT2D eigenvalue weighted by Crippen LogP contribution is -2.06. The quantitative estimate of drug-likeness (QED) is 0.488. The van der Waals surface area contributed by atoms with Crippen LogP contribution in [0.1, 0.15) is 66.2 Å². The molecule has 0 rings (SSSR count). The van der Waals surface area contributed by atoms with Crippen molar-refractivity contribution >= 4 is 0 Å². The van der Waals surface area contributed by atoms with Crippen LogP contribution < -0.4 is 0 Å². The minimum atomic E-state index is 0.923. The molecule has 0 N–H and O–H groups in total. The van der Waals surface area contributed by atoms with Gasteiger partial charge >= 0.3 is 0 Å². The van der Waals surface area contributed by atoms with Crippen LogP contribution in [-0.4, -0.2) is 0 Å². The number of hydrogen-bond acceptors (Lipinski definition) is 0. The van der Waals surface area contributed by atoms with Gasteiger partial charge in [0.2, 0.25) is 0 Å². The molecule has 0 bridgehead atoms. The van der Waals surface area contributed by atoms with Crippen molar-refractivity contribution in [3.8, 4) is 0 Å². The van der Waals surface area contributed by atoms with Gasteiger partial charge in [0.1, 0.15) is 0 Å². The first kappa shape index (κ1) is 12.0. The molecule has 0 radical (unpaired) electrons. The number of unbranched alkanes of at least 4 members (excludes halogenated alkanes) is 3. The van der Waals surface area contributed by atoms with Gasteiger partial charge in [0.05, 0.1) is 0 Å². The summed E-state index contributed by atoms with van der Waals surface area (Å²) in [6.45, 7) is 9.36. The van der Waals surface area contributed by atoms with Gasteiger partial charge in [-0.05, 0) is 11.8 Å². The zero-order valence-electron chi connectivity index (χ0n) is 9.40. The molecule has 0 nitrogen and oxygen atoms in total. The molecule has 2 atom stereocenters. The Kier molecular flexibility index (Phi) is 7.64. The molecule has 0 aliphatic carbocycles. The van der Waals surface area contributed by atoms with Crippen LogP contribution in [0.3, 0.4) is 0 Å². The summed E-state index contributed by atoms with van der Waals surface area (Å²) < 4.78 is 0. The summed E-state index contributed by atoms with van der Waals surface area (Å²) in [5.41, 5.74) is 0. The Morgan fingerprint density at radius 3 is 2.00 bits per heavy atom. The molecule has 0 heterocycles. The molecule has 12 heavy (non-hydrogen) atoms. The average molecular weight is 170 g/mol. The van der Waals surface area contributed by atoms with Gasteiger partial charge in [-0.25, -0.2) is 0 Å². The fourth-order valence-electron chi connectivity index (χ4n) is 1.58. The van der Waals surface area contributed by atoms with Crippen molar-refractivity contribution in [3.05, 3.63) is 0 Å². The molecular weight excluding hydrogens is 144 g/mol. The maximum Gasteiger partial charge on any atom is -0.0417 e. The van der Waals surface area contributed by atoms with E-state index in [2.05, 4.69) is 27.7 Å². The average Bonchev–Trinajstić information content (AvgIpc) is 2.10. The highest BCUT2D eigenvalue weighted by Gasteiger charge is 2.08. The van der Waals surface area contributed by atoms with Gasteiger partial charge in [-0.1, -0.05) is 66.2 Å². The molecule has 74 valence electrons. The van der Waals surface area contributed by atoms with Crippen molar-refractivity contribution in [1.82, 2.24) is 0 Å². The van der Waals surface area contributed by atoms with Gasteiger partial charge in [-0.2, -0.15) is 0 Å². The van der Waals surface area contributed by atoms with Gasteiger partial charge in [0.15, 0.2) is 0 Å². The maximum atomic E-state index is 2.40. The summed E-state index contributed by atoms with van der Waals surface area (Å²) in [5, 5.41) is 0. The van der Waals surface area contributed by atoms with E-state index < -0.39 is 0 Å². The van der Waals surface area contributed by atoms with Gasteiger partial charge in [-0.15, -0.1) is 0 Å². The summed E-state index contributed by atoms with van der Waals surface area (Å²) in [5.74, 6) is 1.86. The second kappa shape index (κ2) is 7.64. The Hall–Kier alpha value is 0. The third-order valence-corrected chi connectivity index (χ3v) is 3.13. The van der Waals surface area contributed by atoms with E-state index in [1.165, 1.54) is 38.5 Å². The van der Waals surface area contributed by atoms with Crippen LogP contribution in [0.2, 0.25) is 0 Å². The van der Waals surface area contributed by atoms with Gasteiger partial charge in [0, 0.05) is 0 Å². The van der Waals surface area contributed by atoms with Crippen molar-refractivity contribution in [2.45, 2.75) is 66.2 Å². The Bertz CT molecular complexity index is 86.0. The molecule has 0 aliphatic heterocycles. The van der Waals surface area contributed by atoms with E-state index in [-0.39, 0.29) is 0 Å². The minimum absolute atomic E-state index is 0.923. The molecule has 0 aromatic carbocycles. The van der Waals surface area contributed by atoms with Crippen LogP contribution >= 0.6 is 0 Å². The largest absolute Gasteiger partial charge is 0.0654 e. The van der Waals surface area contributed by atoms with Crippen molar-refractivity contribution in [3.63, 3.8) is 0 Å². The van der Waals surface area contributed by atoms with E-state index in [1.807, 2.05) is 0 Å². The Morgan fingerprint density at radius 1 is 0.833 bits per heavy atom. The Labute approximate surface area is 78.8 Å². The Balaban J connectivity index is 3.24. The predicted molar refractivity (Wildman–Crippen MR) is 57.4 cm³/mol. The summed E-state index contributed by atoms with van der Waals surface area (Å²) >= 11 is 0. The fraction of sp³-hybridized carbons (Fsp3) is 1.00. The first-order chi connectivity index (χ1) is 5.72. The predicted octanol–water partition coefficient (Wildman–Crippen LogP) is 4.64. The molecule has 0 spiro atoms. The first-order valence-corrected chi connectivity index (χ1v) is 5.72. The van der Waals surface area contributed by atoms with Crippen LogP contribution in [0.5, 0.6) is 0 Å². The molecular formula is C12H26. The van der Waals surface area contributed by atoms with E-state index in [1.54, 1.807) is 0 Å². The molecule has 0 saturated carbocycles. The van der Waals surface area contributed by atoms with Crippen LogP contribution in [0, 0.1) is 11.8 Å². The van der Waals surface area contributed by atoms with E-state index in [4.69, 9.17) is 0 Å². The molecule has 0 amide bonds. The number of hydrogen-bond donors (Lipinski definition) is 0. The van der Waals surface area contributed by atoms with Crippen molar-refractivity contribution < 1.29 is 0 Å². The summed E-state index contributed by atoms with van der Waals surface area (Å²) in [7, 11) is 0. The molecule has 0 heteroatoms. The van der Waals surface area contributed by atoms with Crippen LogP contribution in [0.25, 0.3) is 0 Å². The summed E-state index contributed by atoms with van der Waals surface area (Å²) in [4.78, 5) is 0. The van der Waals surface area contributed by atoms with E-state index in [0.717, 1.165) is 11.8 Å². The monoisotopic (exact) mass is 170 g/mol. The molecule has 0 saturated heterocycles. The van der Waals surface area contributed by atoms with E-state index in [9.17, 15) is 0 Å². The third kappa shape index (κ3) is 5.62. The highest BCUT2D eigenvalue weighted by atomic mass is 14.1. The van der Waals surface area contributed by atoms with Gasteiger partial charge in [0.25, 0.3) is 0 Å². The lowest BCUT2D eigenvalue weighted by Gasteiger charge is -2.17. The molecule has 0 fully saturated rings. The highest BCUT2D eigenvalue weighted by molar-refractivity contribution is 4.60.